The summed E-state index contributed by atoms with van der Waals surface area (Å²) in [5.74, 6) is 2.03. The first-order valence-corrected chi connectivity index (χ1v) is 14.3. The summed E-state index contributed by atoms with van der Waals surface area (Å²) >= 11 is 0. The van der Waals surface area contributed by atoms with Gasteiger partial charge < -0.3 is 14.9 Å². The van der Waals surface area contributed by atoms with Gasteiger partial charge >= 0.3 is 5.97 Å². The molecule has 4 nitrogen and oxygen atoms in total. The van der Waals surface area contributed by atoms with E-state index in [0.717, 1.165) is 44.9 Å². The summed E-state index contributed by atoms with van der Waals surface area (Å²) in [6.07, 6.45) is 10.5. The van der Waals surface area contributed by atoms with Crippen LogP contribution in [-0.2, 0) is 9.53 Å². The van der Waals surface area contributed by atoms with Crippen LogP contribution in [-0.4, -0.2) is 35.0 Å². The van der Waals surface area contributed by atoms with Crippen LogP contribution < -0.4 is 0 Å². The lowest BCUT2D eigenvalue weighted by Crippen LogP contribution is -2.68. The second-order valence-corrected chi connectivity index (χ2v) is 15.4. The number of esters is 1. The number of aliphatic hydroxyl groups is 2. The summed E-state index contributed by atoms with van der Waals surface area (Å²) in [4.78, 5) is 13.3. The zero-order chi connectivity index (χ0) is 24.5. The standard InChI is InChI=1S/C30H48O4/c1-25(2)13-15-30-16-14-28(5)18(22(30)23(25)34-24(30)33)7-8-20-26(3)11-10-21(32)27(4,17-31)19(26)9-12-29(20,28)6/h18-23,31-32H,7-17H2,1-6H3. The molecule has 5 saturated carbocycles. The molecule has 11 unspecified atom stereocenters. The second-order valence-electron chi connectivity index (χ2n) is 15.4. The molecule has 11 atom stereocenters. The highest BCUT2D eigenvalue weighted by Crippen LogP contribution is 2.78. The van der Waals surface area contributed by atoms with Gasteiger partial charge in [-0.3, -0.25) is 4.79 Å². The van der Waals surface area contributed by atoms with Gasteiger partial charge in [0.25, 0.3) is 0 Å². The van der Waals surface area contributed by atoms with Gasteiger partial charge in [0.15, 0.2) is 0 Å². The molecule has 2 N–H and O–H groups in total. The molecular formula is C30H48O4. The Morgan fingerprint density at radius 3 is 2.24 bits per heavy atom. The molecule has 0 aromatic heterocycles. The highest BCUT2D eigenvalue weighted by atomic mass is 16.6. The fourth-order valence-corrected chi connectivity index (χ4v) is 11.8. The van der Waals surface area contributed by atoms with Crippen molar-refractivity contribution in [2.45, 2.75) is 118 Å². The first kappa shape index (κ1) is 23.8. The third-order valence-corrected chi connectivity index (χ3v) is 14.2. The van der Waals surface area contributed by atoms with E-state index >= 15 is 0 Å². The van der Waals surface area contributed by atoms with Gasteiger partial charge in [-0.25, -0.2) is 0 Å². The highest BCUT2D eigenvalue weighted by Gasteiger charge is 2.75. The van der Waals surface area contributed by atoms with Gasteiger partial charge in [0.2, 0.25) is 0 Å². The van der Waals surface area contributed by atoms with Crippen molar-refractivity contribution in [3.8, 4) is 0 Å². The van der Waals surface area contributed by atoms with Crippen molar-refractivity contribution in [2.24, 2.45) is 56.2 Å². The van der Waals surface area contributed by atoms with Crippen LogP contribution in [0.15, 0.2) is 0 Å². The van der Waals surface area contributed by atoms with E-state index in [1.807, 2.05) is 0 Å². The number of fused-ring (bicyclic) bond motifs is 5. The van der Waals surface area contributed by atoms with Gasteiger partial charge in [0.05, 0.1) is 18.1 Å². The van der Waals surface area contributed by atoms with E-state index < -0.39 is 11.5 Å². The second kappa shape index (κ2) is 6.82. The third-order valence-electron chi connectivity index (χ3n) is 14.2. The minimum atomic E-state index is -0.398. The van der Waals surface area contributed by atoms with Crippen molar-refractivity contribution < 1.29 is 19.7 Å². The van der Waals surface area contributed by atoms with E-state index in [9.17, 15) is 15.0 Å². The van der Waals surface area contributed by atoms with Gasteiger partial charge in [-0.15, -0.1) is 0 Å². The first-order valence-electron chi connectivity index (χ1n) is 14.3. The molecule has 6 aliphatic rings. The summed E-state index contributed by atoms with van der Waals surface area (Å²) in [6.45, 7) is 14.6. The van der Waals surface area contributed by atoms with Crippen molar-refractivity contribution >= 4 is 5.97 Å². The van der Waals surface area contributed by atoms with Gasteiger partial charge in [0, 0.05) is 16.7 Å². The van der Waals surface area contributed by atoms with Crippen molar-refractivity contribution in [1.82, 2.24) is 0 Å². The summed E-state index contributed by atoms with van der Waals surface area (Å²) in [6, 6.07) is 0. The Morgan fingerprint density at radius 2 is 1.53 bits per heavy atom. The quantitative estimate of drug-likeness (QED) is 0.478. The molecule has 0 radical (unpaired) electrons. The molecule has 1 aliphatic heterocycles. The predicted molar refractivity (Wildman–Crippen MR) is 132 cm³/mol. The number of rotatable bonds is 1. The molecule has 34 heavy (non-hydrogen) atoms. The molecule has 4 heteroatoms. The maximum Gasteiger partial charge on any atom is 0.312 e. The average molecular weight is 473 g/mol. The fourth-order valence-electron chi connectivity index (χ4n) is 11.8. The van der Waals surface area contributed by atoms with Gasteiger partial charge in [0.1, 0.15) is 6.10 Å². The van der Waals surface area contributed by atoms with Crippen LogP contribution in [0.5, 0.6) is 0 Å². The Balaban J connectivity index is 1.41. The summed E-state index contributed by atoms with van der Waals surface area (Å²) < 4.78 is 6.27. The third kappa shape index (κ3) is 2.47. The minimum Gasteiger partial charge on any atom is -0.461 e. The number of hydrogen-bond acceptors (Lipinski definition) is 4. The lowest BCUT2D eigenvalue weighted by atomic mass is 9.31. The van der Waals surface area contributed by atoms with Crippen molar-refractivity contribution in [1.29, 1.82) is 0 Å². The van der Waals surface area contributed by atoms with Crippen LogP contribution >= 0.6 is 0 Å². The summed E-state index contributed by atoms with van der Waals surface area (Å²) in [5, 5.41) is 21.4. The molecule has 1 saturated heterocycles. The molecule has 5 aliphatic carbocycles. The van der Waals surface area contributed by atoms with Crippen LogP contribution in [0, 0.1) is 56.2 Å². The fraction of sp³-hybridized carbons (Fsp3) is 0.967. The van der Waals surface area contributed by atoms with Gasteiger partial charge in [-0.1, -0.05) is 41.5 Å². The van der Waals surface area contributed by atoms with E-state index in [-0.39, 0.29) is 45.8 Å². The Morgan fingerprint density at radius 1 is 0.824 bits per heavy atom. The molecule has 2 bridgehead atoms. The van der Waals surface area contributed by atoms with E-state index in [1.54, 1.807) is 0 Å². The lowest BCUT2D eigenvalue weighted by Gasteiger charge is -2.73. The molecule has 0 amide bonds. The van der Waals surface area contributed by atoms with E-state index in [4.69, 9.17) is 4.74 Å². The lowest BCUT2D eigenvalue weighted by molar-refractivity contribution is -0.257. The van der Waals surface area contributed by atoms with Crippen LogP contribution in [0.2, 0.25) is 0 Å². The van der Waals surface area contributed by atoms with Crippen molar-refractivity contribution in [2.75, 3.05) is 6.61 Å². The largest absolute Gasteiger partial charge is 0.461 e. The number of carbonyl (C=O) groups is 1. The Bertz CT molecular complexity index is 898. The summed E-state index contributed by atoms with van der Waals surface area (Å²) in [7, 11) is 0. The SMILES string of the molecule is CC1(C)CCC23CCC4(C)C(CCC5C6(C)CCC(O)C(C)(CO)C6CCC54C)C2C1OC3=O. The zero-order valence-corrected chi connectivity index (χ0v) is 22.5. The van der Waals surface area contributed by atoms with Crippen molar-refractivity contribution in [3.05, 3.63) is 0 Å². The molecule has 0 aromatic rings. The van der Waals surface area contributed by atoms with Crippen LogP contribution in [0.25, 0.3) is 0 Å². The van der Waals surface area contributed by atoms with E-state index in [2.05, 4.69) is 41.5 Å². The van der Waals surface area contributed by atoms with Gasteiger partial charge in [-0.05, 0) is 98.2 Å². The van der Waals surface area contributed by atoms with Crippen LogP contribution in [0.4, 0.5) is 0 Å². The molecule has 6 rings (SSSR count). The molecule has 0 spiro atoms. The van der Waals surface area contributed by atoms with Crippen LogP contribution in [0.1, 0.15) is 106 Å². The molecular weight excluding hydrogens is 424 g/mol. The maximum absolute atomic E-state index is 13.3. The number of hydrogen-bond donors (Lipinski definition) is 2. The average Bonchev–Trinajstić information content (AvgIpc) is 3.04. The van der Waals surface area contributed by atoms with Crippen LogP contribution in [0.3, 0.4) is 0 Å². The molecule has 192 valence electrons. The molecule has 0 aromatic carbocycles. The molecule has 6 fully saturated rings. The normalized spacial score (nSPS) is 59.8. The topological polar surface area (TPSA) is 66.8 Å². The van der Waals surface area contributed by atoms with Gasteiger partial charge in [-0.2, -0.15) is 0 Å². The highest BCUT2D eigenvalue weighted by molar-refractivity contribution is 5.81. The Hall–Kier alpha value is -0.610. The smallest absolute Gasteiger partial charge is 0.312 e. The summed E-state index contributed by atoms with van der Waals surface area (Å²) in [5.41, 5.74) is 0.0514. The predicted octanol–water partition coefficient (Wildman–Crippen LogP) is 5.74. The Kier molecular flexibility index (Phi) is 4.77. The van der Waals surface area contributed by atoms with E-state index in [1.165, 1.54) is 19.3 Å². The maximum atomic E-state index is 13.3. The minimum absolute atomic E-state index is 0.0718. The molecule has 1 heterocycles. The van der Waals surface area contributed by atoms with Crippen molar-refractivity contribution in [3.63, 3.8) is 0 Å². The number of aliphatic hydroxyl groups excluding tert-OH is 2. The number of ether oxygens (including phenoxy) is 1. The first-order chi connectivity index (χ1) is 15.8. The van der Waals surface area contributed by atoms with E-state index in [0.29, 0.717) is 23.7 Å². The Labute approximate surface area is 206 Å². The monoisotopic (exact) mass is 472 g/mol. The number of carbonyl (C=O) groups excluding carboxylic acids is 1. The zero-order valence-electron chi connectivity index (χ0n) is 22.5.